The molecule has 0 saturated heterocycles. The molecule has 0 amide bonds. The number of fused-ring (bicyclic) bond motifs is 1. The Labute approximate surface area is 71.2 Å². The van der Waals surface area contributed by atoms with E-state index < -0.39 is 0 Å². The van der Waals surface area contributed by atoms with E-state index in [1.54, 1.807) is 6.92 Å². The summed E-state index contributed by atoms with van der Waals surface area (Å²) in [5.41, 5.74) is 1.82. The van der Waals surface area contributed by atoms with E-state index in [2.05, 4.69) is 0 Å². The van der Waals surface area contributed by atoms with Crippen LogP contribution in [0.2, 0.25) is 0 Å². The molecule has 0 N–H and O–H groups in total. The number of carbonyl (C=O) groups excluding carboxylic acids is 1. The lowest BCUT2D eigenvalue weighted by Gasteiger charge is -1.99. The average Bonchev–Trinajstić information content (AvgIpc) is 2.31. The molecule has 0 radical (unpaired) electrons. The lowest BCUT2D eigenvalue weighted by atomic mass is 10.1. The summed E-state index contributed by atoms with van der Waals surface area (Å²) >= 11 is 0. The van der Waals surface area contributed by atoms with Crippen LogP contribution < -0.4 is 4.74 Å². The predicted octanol–water partition coefficient (Wildman–Crippen LogP) is 1.96. The van der Waals surface area contributed by atoms with Crippen LogP contribution in [-0.4, -0.2) is 11.9 Å². The molecule has 62 valence electrons. The number of ether oxygens (including phenoxy) is 1. The van der Waals surface area contributed by atoms with Crippen molar-refractivity contribution in [1.29, 1.82) is 0 Å². The quantitative estimate of drug-likeness (QED) is 0.583. The molecule has 0 spiro atoms. The largest absolute Gasteiger partial charge is 0.482 e. The van der Waals surface area contributed by atoms with Crippen LogP contribution in [0.1, 0.15) is 22.8 Å². The van der Waals surface area contributed by atoms with E-state index in [4.69, 9.17) is 4.74 Å². The molecule has 1 aromatic rings. The first-order chi connectivity index (χ1) is 5.68. The Morgan fingerprint density at radius 3 is 2.92 bits per heavy atom. The van der Waals surface area contributed by atoms with Crippen molar-refractivity contribution in [2.24, 2.45) is 0 Å². The fourth-order valence-corrected chi connectivity index (χ4v) is 1.40. The van der Waals surface area contributed by atoms with E-state index in [1.165, 1.54) is 0 Å². The van der Waals surface area contributed by atoms with Gasteiger partial charge in [0.25, 0.3) is 0 Å². The van der Waals surface area contributed by atoms with E-state index in [0.29, 0.717) is 0 Å². The standard InChI is InChI=1S/C10H10O2/c1-6-3-4-9-8(5-6)10(11)7(2)12-9/h3-5,7H,1-2H3/t7-/m0/s1. The van der Waals surface area contributed by atoms with Crippen LogP contribution in [0, 0.1) is 6.92 Å². The molecule has 2 nitrogen and oxygen atoms in total. The third kappa shape index (κ3) is 0.916. The third-order valence-electron chi connectivity index (χ3n) is 2.07. The fraction of sp³-hybridized carbons (Fsp3) is 0.300. The van der Waals surface area contributed by atoms with Gasteiger partial charge in [0.15, 0.2) is 6.10 Å². The summed E-state index contributed by atoms with van der Waals surface area (Å²) < 4.78 is 5.32. The number of aryl methyl sites for hydroxylation is 1. The number of hydrogen-bond donors (Lipinski definition) is 0. The third-order valence-corrected chi connectivity index (χ3v) is 2.07. The molecule has 0 aromatic heterocycles. The van der Waals surface area contributed by atoms with Gasteiger partial charge in [0.1, 0.15) is 5.75 Å². The Bertz CT molecular complexity index is 342. The molecule has 0 bridgehead atoms. The molecule has 2 heteroatoms. The smallest absolute Gasteiger partial charge is 0.206 e. The second-order valence-electron chi connectivity index (χ2n) is 3.12. The Hall–Kier alpha value is -1.31. The van der Waals surface area contributed by atoms with Crippen molar-refractivity contribution in [2.45, 2.75) is 20.0 Å². The van der Waals surface area contributed by atoms with E-state index in [1.807, 2.05) is 25.1 Å². The van der Waals surface area contributed by atoms with E-state index in [-0.39, 0.29) is 11.9 Å². The Balaban J connectivity index is 2.56. The molecule has 2 rings (SSSR count). The van der Waals surface area contributed by atoms with Crippen molar-refractivity contribution >= 4 is 5.78 Å². The maximum Gasteiger partial charge on any atom is 0.206 e. The first-order valence-electron chi connectivity index (χ1n) is 4.00. The van der Waals surface area contributed by atoms with Crippen LogP contribution in [0.4, 0.5) is 0 Å². The molecule has 1 heterocycles. The van der Waals surface area contributed by atoms with E-state index >= 15 is 0 Å². The Morgan fingerprint density at radius 2 is 2.17 bits per heavy atom. The highest BCUT2D eigenvalue weighted by Crippen LogP contribution is 2.28. The molecule has 1 aliphatic rings. The molecule has 1 aromatic carbocycles. The summed E-state index contributed by atoms with van der Waals surface area (Å²) in [7, 11) is 0. The van der Waals surface area contributed by atoms with Crippen molar-refractivity contribution in [3.05, 3.63) is 29.3 Å². The van der Waals surface area contributed by atoms with Gasteiger partial charge in [-0.15, -0.1) is 0 Å². The highest BCUT2D eigenvalue weighted by Gasteiger charge is 2.28. The minimum Gasteiger partial charge on any atom is -0.482 e. The van der Waals surface area contributed by atoms with Gasteiger partial charge in [-0.1, -0.05) is 11.6 Å². The number of carbonyl (C=O) groups is 1. The molecular weight excluding hydrogens is 152 g/mol. The second kappa shape index (κ2) is 2.34. The Kier molecular flexibility index (Phi) is 1.43. The highest BCUT2D eigenvalue weighted by atomic mass is 16.5. The highest BCUT2D eigenvalue weighted by molar-refractivity contribution is 6.04. The normalized spacial score (nSPS) is 20.5. The molecule has 0 saturated carbocycles. The van der Waals surface area contributed by atoms with Crippen LogP contribution >= 0.6 is 0 Å². The SMILES string of the molecule is Cc1ccc2c(c1)C(=O)[C@H](C)O2. The number of rotatable bonds is 0. The number of Topliss-reactive ketones (excluding diaryl/α,β-unsaturated/α-hetero) is 1. The average molecular weight is 162 g/mol. The molecule has 0 unspecified atom stereocenters. The van der Waals surface area contributed by atoms with Crippen LogP contribution in [0.3, 0.4) is 0 Å². The van der Waals surface area contributed by atoms with Crippen molar-refractivity contribution in [1.82, 2.24) is 0 Å². The first-order valence-corrected chi connectivity index (χ1v) is 4.00. The van der Waals surface area contributed by atoms with Crippen LogP contribution in [0.5, 0.6) is 5.75 Å². The molecule has 12 heavy (non-hydrogen) atoms. The fourth-order valence-electron chi connectivity index (χ4n) is 1.40. The lowest BCUT2D eigenvalue weighted by molar-refractivity contribution is 0.0878. The minimum absolute atomic E-state index is 0.0914. The van der Waals surface area contributed by atoms with Gasteiger partial charge in [0.05, 0.1) is 5.56 Å². The van der Waals surface area contributed by atoms with E-state index in [0.717, 1.165) is 16.9 Å². The number of benzene rings is 1. The molecule has 0 aliphatic carbocycles. The Morgan fingerprint density at radius 1 is 1.42 bits per heavy atom. The molecule has 0 fully saturated rings. The summed E-state index contributed by atoms with van der Waals surface area (Å²) in [6, 6.07) is 5.68. The number of ketones is 1. The van der Waals surface area contributed by atoms with Gasteiger partial charge in [-0.25, -0.2) is 0 Å². The van der Waals surface area contributed by atoms with Crippen molar-refractivity contribution in [3.8, 4) is 5.75 Å². The molecule has 1 atom stereocenters. The summed E-state index contributed by atoms with van der Waals surface area (Å²) in [6.07, 6.45) is -0.304. The maximum atomic E-state index is 11.4. The van der Waals surface area contributed by atoms with Crippen LogP contribution in [0.25, 0.3) is 0 Å². The van der Waals surface area contributed by atoms with Gasteiger partial charge in [0.2, 0.25) is 5.78 Å². The monoisotopic (exact) mass is 162 g/mol. The summed E-state index contributed by atoms with van der Waals surface area (Å²) in [5.74, 6) is 0.812. The number of hydrogen-bond acceptors (Lipinski definition) is 2. The van der Waals surface area contributed by atoms with Gasteiger partial charge in [-0.3, -0.25) is 4.79 Å². The van der Waals surface area contributed by atoms with Crippen molar-refractivity contribution in [3.63, 3.8) is 0 Å². The van der Waals surface area contributed by atoms with Gasteiger partial charge in [-0.05, 0) is 26.0 Å². The summed E-state index contributed by atoms with van der Waals surface area (Å²) in [4.78, 5) is 11.4. The second-order valence-corrected chi connectivity index (χ2v) is 3.12. The summed E-state index contributed by atoms with van der Waals surface area (Å²) in [6.45, 7) is 3.74. The van der Waals surface area contributed by atoms with Gasteiger partial charge < -0.3 is 4.74 Å². The zero-order valence-corrected chi connectivity index (χ0v) is 7.13. The molecular formula is C10H10O2. The van der Waals surface area contributed by atoms with E-state index in [9.17, 15) is 4.79 Å². The first kappa shape index (κ1) is 7.35. The van der Waals surface area contributed by atoms with Gasteiger partial charge in [-0.2, -0.15) is 0 Å². The van der Waals surface area contributed by atoms with Crippen molar-refractivity contribution < 1.29 is 9.53 Å². The minimum atomic E-state index is -0.304. The molecule has 1 aliphatic heterocycles. The van der Waals surface area contributed by atoms with Crippen LogP contribution in [-0.2, 0) is 0 Å². The van der Waals surface area contributed by atoms with Crippen molar-refractivity contribution in [2.75, 3.05) is 0 Å². The lowest BCUT2D eigenvalue weighted by Crippen LogP contribution is -2.14. The van der Waals surface area contributed by atoms with Gasteiger partial charge in [0, 0.05) is 0 Å². The predicted molar refractivity (Wildman–Crippen MR) is 45.6 cm³/mol. The zero-order valence-electron chi connectivity index (χ0n) is 7.13. The van der Waals surface area contributed by atoms with Crippen LogP contribution in [0.15, 0.2) is 18.2 Å². The maximum absolute atomic E-state index is 11.4. The summed E-state index contributed by atoms with van der Waals surface area (Å²) in [5, 5.41) is 0. The zero-order chi connectivity index (χ0) is 8.72. The van der Waals surface area contributed by atoms with Gasteiger partial charge >= 0.3 is 0 Å². The topological polar surface area (TPSA) is 26.3 Å².